The minimum absolute atomic E-state index is 0.0825. The molecule has 1 saturated heterocycles. The van der Waals surface area contributed by atoms with Gasteiger partial charge in [-0.1, -0.05) is 24.3 Å². The first kappa shape index (κ1) is 23.5. The average molecular weight is 453 g/mol. The number of carbonyl (C=O) groups excluding carboxylic acids is 5. The van der Waals surface area contributed by atoms with Crippen LogP contribution in [0.3, 0.4) is 0 Å². The number of nitrogens with one attached hydrogen (secondary N) is 2. The molecule has 10 heteroatoms. The van der Waals surface area contributed by atoms with Crippen LogP contribution in [0.4, 0.5) is 5.69 Å². The number of ether oxygens (including phenoxy) is 2. The van der Waals surface area contributed by atoms with E-state index in [0.29, 0.717) is 17.0 Å². The molecule has 0 aliphatic carbocycles. The van der Waals surface area contributed by atoms with Gasteiger partial charge in [-0.3, -0.25) is 34.4 Å². The Morgan fingerprint density at radius 3 is 2.58 bits per heavy atom. The number of para-hydroxylation sites is 1. The van der Waals surface area contributed by atoms with Crippen LogP contribution >= 0.6 is 0 Å². The highest BCUT2D eigenvalue weighted by atomic mass is 16.5. The largest absolute Gasteiger partial charge is 0.496 e. The quantitative estimate of drug-likeness (QED) is 0.458. The number of methoxy groups -OCH3 is 1. The summed E-state index contributed by atoms with van der Waals surface area (Å²) in [5.41, 5.74) is 3.54. The number of esters is 1. The molecule has 0 aromatic heterocycles. The van der Waals surface area contributed by atoms with Gasteiger partial charge in [-0.25, -0.2) is 0 Å². The summed E-state index contributed by atoms with van der Waals surface area (Å²) in [5, 5.41) is 3.59. The average Bonchev–Trinajstić information content (AvgIpc) is 3.17. The molecule has 172 valence electrons. The Kier molecular flexibility index (Phi) is 7.39. The molecule has 0 radical (unpaired) electrons. The molecular formula is C23H23N3O7. The van der Waals surface area contributed by atoms with Crippen molar-refractivity contribution in [3.05, 3.63) is 59.7 Å². The van der Waals surface area contributed by atoms with Crippen LogP contribution in [0.2, 0.25) is 0 Å². The fourth-order valence-corrected chi connectivity index (χ4v) is 3.26. The van der Waals surface area contributed by atoms with Gasteiger partial charge in [0.15, 0.2) is 12.4 Å². The van der Waals surface area contributed by atoms with Gasteiger partial charge in [0.05, 0.1) is 25.1 Å². The van der Waals surface area contributed by atoms with E-state index in [0.717, 1.165) is 5.01 Å². The van der Waals surface area contributed by atoms with Gasteiger partial charge < -0.3 is 14.8 Å². The van der Waals surface area contributed by atoms with Gasteiger partial charge in [-0.2, -0.15) is 0 Å². The zero-order valence-electron chi connectivity index (χ0n) is 18.1. The van der Waals surface area contributed by atoms with E-state index in [4.69, 9.17) is 9.47 Å². The number of anilines is 1. The summed E-state index contributed by atoms with van der Waals surface area (Å²) in [4.78, 5) is 60.6. The zero-order valence-corrected chi connectivity index (χ0v) is 18.1. The van der Waals surface area contributed by atoms with E-state index in [2.05, 4.69) is 10.7 Å². The second-order valence-corrected chi connectivity index (χ2v) is 7.34. The van der Waals surface area contributed by atoms with Crippen molar-refractivity contribution in [1.29, 1.82) is 0 Å². The van der Waals surface area contributed by atoms with Gasteiger partial charge in [-0.05, 0) is 31.2 Å². The Hall–Kier alpha value is -4.21. The maximum Gasteiger partial charge on any atom is 0.311 e. The van der Waals surface area contributed by atoms with Crippen molar-refractivity contribution in [3.8, 4) is 5.75 Å². The molecule has 1 atom stereocenters. The third kappa shape index (κ3) is 5.94. The molecule has 3 amide bonds. The SMILES string of the molecule is COc1ccccc1C(=O)NN1C[C@@H](C(=O)OCC(=O)Nc2cccc(C(C)=O)c2)CC1=O. The van der Waals surface area contributed by atoms with Crippen LogP contribution < -0.4 is 15.5 Å². The molecule has 1 fully saturated rings. The molecular weight excluding hydrogens is 430 g/mol. The van der Waals surface area contributed by atoms with Gasteiger partial charge in [-0.15, -0.1) is 0 Å². The first-order valence-corrected chi connectivity index (χ1v) is 10.1. The minimum atomic E-state index is -0.829. The maximum atomic E-state index is 12.5. The molecule has 3 rings (SSSR count). The molecule has 0 bridgehead atoms. The summed E-state index contributed by atoms with van der Waals surface area (Å²) in [6.07, 6.45) is -0.159. The first-order chi connectivity index (χ1) is 15.8. The van der Waals surface area contributed by atoms with E-state index < -0.39 is 36.2 Å². The van der Waals surface area contributed by atoms with Crippen LogP contribution in [0, 0.1) is 5.92 Å². The number of hydrazine groups is 1. The molecule has 2 N–H and O–H groups in total. The molecule has 0 unspecified atom stereocenters. The van der Waals surface area contributed by atoms with Crippen LogP contribution in [0.25, 0.3) is 0 Å². The van der Waals surface area contributed by atoms with Gasteiger partial charge >= 0.3 is 5.97 Å². The molecule has 33 heavy (non-hydrogen) atoms. The third-order valence-corrected chi connectivity index (χ3v) is 4.94. The molecule has 2 aromatic rings. The van der Waals surface area contributed by atoms with Crippen molar-refractivity contribution in [1.82, 2.24) is 10.4 Å². The molecule has 1 aliphatic heterocycles. The summed E-state index contributed by atoms with van der Waals surface area (Å²) < 4.78 is 10.2. The fraction of sp³-hybridized carbons (Fsp3) is 0.261. The van der Waals surface area contributed by atoms with Crippen LogP contribution in [0.1, 0.15) is 34.1 Å². The Bertz CT molecular complexity index is 1100. The van der Waals surface area contributed by atoms with E-state index in [1.807, 2.05) is 0 Å². The van der Waals surface area contributed by atoms with Gasteiger partial charge in [0, 0.05) is 17.7 Å². The first-order valence-electron chi connectivity index (χ1n) is 10.1. The number of carbonyl (C=O) groups is 5. The lowest BCUT2D eigenvalue weighted by Crippen LogP contribution is -2.43. The molecule has 1 heterocycles. The van der Waals surface area contributed by atoms with Crippen molar-refractivity contribution >= 4 is 35.2 Å². The third-order valence-electron chi connectivity index (χ3n) is 4.94. The van der Waals surface area contributed by atoms with E-state index >= 15 is 0 Å². The lowest BCUT2D eigenvalue weighted by atomic mass is 10.1. The van der Waals surface area contributed by atoms with Crippen LogP contribution in [-0.4, -0.2) is 54.7 Å². The molecule has 1 aliphatic rings. The number of ketones is 1. The van der Waals surface area contributed by atoms with Gasteiger partial charge in [0.2, 0.25) is 5.91 Å². The number of rotatable bonds is 8. The number of nitrogens with zero attached hydrogens (tertiary/aromatic N) is 1. The Balaban J connectivity index is 1.50. The predicted molar refractivity (Wildman–Crippen MR) is 116 cm³/mol. The summed E-state index contributed by atoms with van der Waals surface area (Å²) in [6.45, 7) is 0.774. The summed E-state index contributed by atoms with van der Waals surface area (Å²) in [6, 6.07) is 12.9. The van der Waals surface area contributed by atoms with Crippen LogP contribution in [0.15, 0.2) is 48.5 Å². The lowest BCUT2D eigenvalue weighted by Gasteiger charge is -2.18. The van der Waals surface area contributed by atoms with Crippen molar-refractivity contribution in [2.45, 2.75) is 13.3 Å². The van der Waals surface area contributed by atoms with E-state index in [1.165, 1.54) is 20.1 Å². The van der Waals surface area contributed by atoms with Crippen LogP contribution in [-0.2, 0) is 19.1 Å². The fourth-order valence-electron chi connectivity index (χ4n) is 3.26. The second kappa shape index (κ2) is 10.4. The zero-order chi connectivity index (χ0) is 24.0. The number of Topliss-reactive ketones (excluding diaryl/α,β-unsaturated/α-hetero) is 1. The van der Waals surface area contributed by atoms with E-state index in [-0.39, 0.29) is 24.3 Å². The Labute approximate surface area is 189 Å². The van der Waals surface area contributed by atoms with Gasteiger partial charge in [0.25, 0.3) is 11.8 Å². The summed E-state index contributed by atoms with van der Waals surface area (Å²) >= 11 is 0. The predicted octanol–water partition coefficient (Wildman–Crippen LogP) is 1.57. The second-order valence-electron chi connectivity index (χ2n) is 7.34. The van der Waals surface area contributed by atoms with E-state index in [9.17, 15) is 24.0 Å². The van der Waals surface area contributed by atoms with Crippen molar-refractivity contribution in [2.75, 3.05) is 25.6 Å². The van der Waals surface area contributed by atoms with Crippen molar-refractivity contribution in [2.24, 2.45) is 5.92 Å². The monoisotopic (exact) mass is 453 g/mol. The highest BCUT2D eigenvalue weighted by molar-refractivity contribution is 5.99. The van der Waals surface area contributed by atoms with Crippen molar-refractivity contribution in [3.63, 3.8) is 0 Å². The number of hydrogen-bond donors (Lipinski definition) is 2. The van der Waals surface area contributed by atoms with Crippen molar-refractivity contribution < 1.29 is 33.4 Å². The molecule has 0 saturated carbocycles. The van der Waals surface area contributed by atoms with Crippen LogP contribution in [0.5, 0.6) is 5.75 Å². The van der Waals surface area contributed by atoms with E-state index in [1.54, 1.807) is 42.5 Å². The number of hydrogen-bond acceptors (Lipinski definition) is 7. The molecule has 2 aromatic carbocycles. The summed E-state index contributed by atoms with van der Waals surface area (Å²) in [5.74, 6) is -2.96. The Morgan fingerprint density at radius 1 is 1.09 bits per heavy atom. The maximum absolute atomic E-state index is 12.5. The highest BCUT2D eigenvalue weighted by Gasteiger charge is 2.37. The topological polar surface area (TPSA) is 131 Å². The highest BCUT2D eigenvalue weighted by Crippen LogP contribution is 2.20. The standard InChI is InChI=1S/C23H23N3O7/c1-14(27)15-6-5-7-17(10-15)24-20(28)13-33-23(31)16-11-21(29)26(12-16)25-22(30)18-8-3-4-9-19(18)32-2/h3-10,16H,11-13H2,1-2H3,(H,24,28)(H,25,30)/t16-/m0/s1. The molecule has 0 spiro atoms. The lowest BCUT2D eigenvalue weighted by molar-refractivity contribution is -0.151. The number of benzene rings is 2. The number of amides is 3. The molecule has 10 nitrogen and oxygen atoms in total. The summed E-state index contributed by atoms with van der Waals surface area (Å²) in [7, 11) is 1.43. The Morgan fingerprint density at radius 2 is 1.85 bits per heavy atom. The normalized spacial score (nSPS) is 15.0. The minimum Gasteiger partial charge on any atom is -0.496 e. The smallest absolute Gasteiger partial charge is 0.311 e. The van der Waals surface area contributed by atoms with Gasteiger partial charge in [0.1, 0.15) is 5.75 Å².